The van der Waals surface area contributed by atoms with E-state index >= 15 is 8.78 Å². The van der Waals surface area contributed by atoms with Gasteiger partial charge in [-0.3, -0.25) is 9.59 Å². The molecular weight excluding hydrogens is 448 g/mol. The average Bonchev–Trinajstić information content (AvgIpc) is 2.85. The van der Waals surface area contributed by atoms with E-state index in [2.05, 4.69) is 5.32 Å². The molecule has 1 aromatic heterocycles. The topological polar surface area (TPSA) is 77.1 Å². The third-order valence-electron chi connectivity index (χ3n) is 6.17. The van der Waals surface area contributed by atoms with Crippen molar-refractivity contribution < 1.29 is 13.6 Å². The Labute approximate surface area is 201 Å². The van der Waals surface area contributed by atoms with Gasteiger partial charge in [-0.15, -0.1) is 0 Å². The minimum atomic E-state index is -1.02. The average molecular weight is 474 g/mol. The molecule has 5 nitrogen and oxygen atoms in total. The smallest absolute Gasteiger partial charge is 0.250 e. The Hall–Kier alpha value is -4.10. The second kappa shape index (κ2) is 10.0. The number of halogens is 2. The van der Waals surface area contributed by atoms with Crippen LogP contribution in [0, 0.1) is 18.6 Å². The number of benzene rings is 3. The standard InChI is InChI=1S/C28H25F2N3O2/c1-17-21(13-14-24(34)33(17)2)26-22(29)15-20(16-23(26)30)32-28(35)27(31)25(18-9-5-3-6-10-18)19-11-7-4-8-12-19/h3-16,25,27H,31H2,1-2H3,(H,32,35). The molecule has 0 saturated carbocycles. The van der Waals surface area contributed by atoms with Crippen molar-refractivity contribution in [3.05, 3.63) is 124 Å². The molecule has 3 N–H and O–H groups in total. The van der Waals surface area contributed by atoms with Gasteiger partial charge in [0.15, 0.2) is 0 Å². The van der Waals surface area contributed by atoms with Gasteiger partial charge < -0.3 is 15.6 Å². The van der Waals surface area contributed by atoms with Gasteiger partial charge in [-0.25, -0.2) is 8.78 Å². The van der Waals surface area contributed by atoms with Crippen LogP contribution < -0.4 is 16.6 Å². The number of carbonyl (C=O) groups is 1. The number of nitrogens with one attached hydrogen (secondary N) is 1. The van der Waals surface area contributed by atoms with Crippen molar-refractivity contribution in [3.8, 4) is 11.1 Å². The predicted octanol–water partition coefficient (Wildman–Crippen LogP) is 4.74. The van der Waals surface area contributed by atoms with Crippen LogP contribution in [0.4, 0.5) is 14.5 Å². The van der Waals surface area contributed by atoms with Crippen molar-refractivity contribution in [1.29, 1.82) is 0 Å². The number of hydrogen-bond donors (Lipinski definition) is 2. The molecule has 3 aromatic carbocycles. The van der Waals surface area contributed by atoms with Crippen LogP contribution in [0.15, 0.2) is 89.7 Å². The van der Waals surface area contributed by atoms with Gasteiger partial charge in [0.05, 0.1) is 11.6 Å². The zero-order valence-corrected chi connectivity index (χ0v) is 19.3. The van der Waals surface area contributed by atoms with Crippen molar-refractivity contribution in [2.75, 3.05) is 5.32 Å². The molecule has 1 atom stereocenters. The van der Waals surface area contributed by atoms with Crippen molar-refractivity contribution in [2.45, 2.75) is 18.9 Å². The molecule has 0 aliphatic heterocycles. The number of amides is 1. The van der Waals surface area contributed by atoms with Crippen LogP contribution in [0.3, 0.4) is 0 Å². The number of aromatic nitrogens is 1. The van der Waals surface area contributed by atoms with E-state index in [1.165, 1.54) is 23.7 Å². The van der Waals surface area contributed by atoms with Gasteiger partial charge in [0.1, 0.15) is 11.6 Å². The van der Waals surface area contributed by atoms with Crippen LogP contribution in [0.2, 0.25) is 0 Å². The van der Waals surface area contributed by atoms with E-state index in [-0.39, 0.29) is 22.4 Å². The fraction of sp³-hybridized carbons (Fsp3) is 0.143. The Morgan fingerprint density at radius 1 is 0.886 bits per heavy atom. The maximum absolute atomic E-state index is 15.0. The third kappa shape index (κ3) is 4.90. The first-order valence-electron chi connectivity index (χ1n) is 11.1. The quantitative estimate of drug-likeness (QED) is 0.425. The zero-order valence-electron chi connectivity index (χ0n) is 19.3. The van der Waals surface area contributed by atoms with Gasteiger partial charge in [-0.2, -0.15) is 0 Å². The van der Waals surface area contributed by atoms with E-state index in [4.69, 9.17) is 5.73 Å². The predicted molar refractivity (Wildman–Crippen MR) is 133 cm³/mol. The van der Waals surface area contributed by atoms with Gasteiger partial charge in [0.2, 0.25) is 11.5 Å². The highest BCUT2D eigenvalue weighted by molar-refractivity contribution is 5.96. The van der Waals surface area contributed by atoms with Crippen molar-refractivity contribution in [3.63, 3.8) is 0 Å². The lowest BCUT2D eigenvalue weighted by Crippen LogP contribution is -2.41. The minimum Gasteiger partial charge on any atom is -0.324 e. The lowest BCUT2D eigenvalue weighted by Gasteiger charge is -2.24. The molecule has 1 amide bonds. The van der Waals surface area contributed by atoms with Gasteiger partial charge in [0, 0.05) is 36.0 Å². The lowest BCUT2D eigenvalue weighted by atomic mass is 9.85. The molecule has 0 fully saturated rings. The largest absolute Gasteiger partial charge is 0.324 e. The molecule has 178 valence electrons. The molecule has 1 unspecified atom stereocenters. The lowest BCUT2D eigenvalue weighted by molar-refractivity contribution is -0.117. The SMILES string of the molecule is Cc1c(-c2c(F)cc(NC(=O)C(N)C(c3ccccc3)c3ccccc3)cc2F)ccc(=O)n1C. The minimum absolute atomic E-state index is 0.0495. The second-order valence-corrected chi connectivity index (χ2v) is 8.36. The number of rotatable bonds is 6. The van der Waals surface area contributed by atoms with E-state index in [1.54, 1.807) is 6.92 Å². The maximum Gasteiger partial charge on any atom is 0.250 e. The second-order valence-electron chi connectivity index (χ2n) is 8.36. The monoisotopic (exact) mass is 473 g/mol. The molecule has 0 aliphatic carbocycles. The summed E-state index contributed by atoms with van der Waals surface area (Å²) in [5.41, 5.74) is 8.15. The van der Waals surface area contributed by atoms with E-state index < -0.39 is 29.5 Å². The Morgan fingerprint density at radius 2 is 1.40 bits per heavy atom. The molecule has 35 heavy (non-hydrogen) atoms. The Kier molecular flexibility index (Phi) is 6.89. The summed E-state index contributed by atoms with van der Waals surface area (Å²) in [6.07, 6.45) is 0. The summed E-state index contributed by atoms with van der Waals surface area (Å²) in [7, 11) is 1.53. The summed E-state index contributed by atoms with van der Waals surface area (Å²) in [5.74, 6) is -2.76. The van der Waals surface area contributed by atoms with Crippen LogP contribution in [-0.4, -0.2) is 16.5 Å². The molecule has 0 bridgehead atoms. The summed E-state index contributed by atoms with van der Waals surface area (Å²) in [5, 5.41) is 2.56. The van der Waals surface area contributed by atoms with Crippen LogP contribution in [-0.2, 0) is 11.8 Å². The van der Waals surface area contributed by atoms with Crippen LogP contribution in [0.25, 0.3) is 11.1 Å². The highest BCUT2D eigenvalue weighted by Gasteiger charge is 2.28. The molecule has 4 aromatic rings. The normalized spacial score (nSPS) is 11.9. The summed E-state index contributed by atoms with van der Waals surface area (Å²) >= 11 is 0. The number of hydrogen-bond acceptors (Lipinski definition) is 3. The van der Waals surface area contributed by atoms with Crippen molar-refractivity contribution >= 4 is 11.6 Å². The van der Waals surface area contributed by atoms with Crippen LogP contribution in [0.1, 0.15) is 22.7 Å². The van der Waals surface area contributed by atoms with Gasteiger partial charge in [-0.05, 0) is 36.2 Å². The Morgan fingerprint density at radius 3 is 1.91 bits per heavy atom. The molecular formula is C28H25F2N3O2. The van der Waals surface area contributed by atoms with Gasteiger partial charge in [-0.1, -0.05) is 60.7 Å². The number of nitrogens with zero attached hydrogens (tertiary/aromatic N) is 1. The van der Waals surface area contributed by atoms with Crippen LogP contribution >= 0.6 is 0 Å². The molecule has 0 radical (unpaired) electrons. The summed E-state index contributed by atoms with van der Waals surface area (Å²) in [4.78, 5) is 24.9. The van der Waals surface area contributed by atoms with E-state index in [0.717, 1.165) is 23.3 Å². The zero-order chi connectivity index (χ0) is 25.1. The number of nitrogens with two attached hydrogens (primary N) is 1. The maximum atomic E-state index is 15.0. The highest BCUT2D eigenvalue weighted by Crippen LogP contribution is 2.31. The van der Waals surface area contributed by atoms with Crippen LogP contribution in [0.5, 0.6) is 0 Å². The van der Waals surface area contributed by atoms with Crippen molar-refractivity contribution in [2.24, 2.45) is 12.8 Å². The number of pyridine rings is 1. The summed E-state index contributed by atoms with van der Waals surface area (Å²) in [6.45, 7) is 1.61. The Balaban J connectivity index is 1.64. The molecule has 1 heterocycles. The van der Waals surface area contributed by atoms with E-state index in [0.29, 0.717) is 5.69 Å². The fourth-order valence-electron chi connectivity index (χ4n) is 4.20. The Bertz CT molecular complexity index is 1360. The molecule has 0 saturated heterocycles. The molecule has 7 heteroatoms. The highest BCUT2D eigenvalue weighted by atomic mass is 19.1. The first-order chi connectivity index (χ1) is 16.8. The van der Waals surface area contributed by atoms with E-state index in [9.17, 15) is 9.59 Å². The molecule has 0 spiro atoms. The van der Waals surface area contributed by atoms with Gasteiger partial charge >= 0.3 is 0 Å². The first-order valence-corrected chi connectivity index (χ1v) is 11.1. The molecule has 4 rings (SSSR count). The molecule has 0 aliphatic rings. The number of carbonyl (C=O) groups excluding carboxylic acids is 1. The third-order valence-corrected chi connectivity index (χ3v) is 6.17. The summed E-state index contributed by atoms with van der Waals surface area (Å²) in [6, 6.07) is 22.4. The van der Waals surface area contributed by atoms with Gasteiger partial charge in [0.25, 0.3) is 0 Å². The number of anilines is 1. The summed E-state index contributed by atoms with van der Waals surface area (Å²) < 4.78 is 31.4. The van der Waals surface area contributed by atoms with E-state index in [1.807, 2.05) is 60.7 Å². The first kappa shape index (κ1) is 24.0. The fourth-order valence-corrected chi connectivity index (χ4v) is 4.20. The van der Waals surface area contributed by atoms with Crippen molar-refractivity contribution in [1.82, 2.24) is 4.57 Å².